The number of unbranched alkanes of at least 4 members (excludes halogenated alkanes) is 2. The van der Waals surface area contributed by atoms with E-state index in [1.54, 1.807) is 0 Å². The molecule has 2 rings (SSSR count). The van der Waals surface area contributed by atoms with Crippen molar-refractivity contribution in [3.05, 3.63) is 34.3 Å². The van der Waals surface area contributed by atoms with Crippen LogP contribution in [0.4, 0.5) is 0 Å². The molecule has 0 amide bonds. The molecular formula is C22H36N2S. The molecule has 0 aromatic carbocycles. The molecule has 1 aromatic rings. The van der Waals surface area contributed by atoms with Crippen LogP contribution in [0.25, 0.3) is 5.57 Å². The van der Waals surface area contributed by atoms with Crippen LogP contribution in [0.3, 0.4) is 0 Å². The SMILES string of the molecule is C/C=C(\C=C/CCC)c1csc(C(NCCCC)C2CCCCC2)n1. The summed E-state index contributed by atoms with van der Waals surface area (Å²) in [5, 5.41) is 7.38. The van der Waals surface area contributed by atoms with Crippen LogP contribution < -0.4 is 5.32 Å². The summed E-state index contributed by atoms with van der Waals surface area (Å²) in [6.45, 7) is 7.71. The second-order valence-corrected chi connectivity index (χ2v) is 8.08. The summed E-state index contributed by atoms with van der Waals surface area (Å²) in [6.07, 6.45) is 18.4. The van der Waals surface area contributed by atoms with Crippen molar-refractivity contribution in [2.45, 2.75) is 84.6 Å². The van der Waals surface area contributed by atoms with E-state index in [0.29, 0.717) is 6.04 Å². The van der Waals surface area contributed by atoms with Gasteiger partial charge < -0.3 is 5.32 Å². The molecular weight excluding hydrogens is 324 g/mol. The van der Waals surface area contributed by atoms with Crippen LogP contribution in [0.1, 0.15) is 95.3 Å². The third kappa shape index (κ3) is 6.38. The molecule has 25 heavy (non-hydrogen) atoms. The first kappa shape index (κ1) is 20.4. The highest BCUT2D eigenvalue weighted by Crippen LogP contribution is 2.36. The first-order chi connectivity index (χ1) is 12.3. The fraction of sp³-hybridized carbons (Fsp3) is 0.682. The molecule has 1 aromatic heterocycles. The van der Waals surface area contributed by atoms with E-state index in [1.807, 2.05) is 11.3 Å². The molecule has 1 N–H and O–H groups in total. The number of allylic oxidation sites excluding steroid dienone is 4. The maximum atomic E-state index is 5.05. The Morgan fingerprint density at radius 3 is 2.76 bits per heavy atom. The fourth-order valence-electron chi connectivity index (χ4n) is 3.63. The first-order valence-electron chi connectivity index (χ1n) is 10.3. The Morgan fingerprint density at radius 2 is 2.08 bits per heavy atom. The maximum absolute atomic E-state index is 5.05. The lowest BCUT2D eigenvalue weighted by atomic mass is 9.84. The van der Waals surface area contributed by atoms with Crippen LogP contribution >= 0.6 is 11.3 Å². The lowest BCUT2D eigenvalue weighted by Gasteiger charge is -2.29. The average Bonchev–Trinajstić information content (AvgIpc) is 3.13. The summed E-state index contributed by atoms with van der Waals surface area (Å²) in [5.74, 6) is 0.759. The number of aromatic nitrogens is 1. The molecule has 1 unspecified atom stereocenters. The summed E-state index contributed by atoms with van der Waals surface area (Å²) < 4.78 is 0. The zero-order valence-corrected chi connectivity index (χ0v) is 17.2. The second-order valence-electron chi connectivity index (χ2n) is 7.19. The van der Waals surface area contributed by atoms with Gasteiger partial charge in [0.1, 0.15) is 5.01 Å². The molecule has 0 aliphatic heterocycles. The van der Waals surface area contributed by atoms with E-state index in [1.165, 1.54) is 61.9 Å². The van der Waals surface area contributed by atoms with Gasteiger partial charge in [0.15, 0.2) is 0 Å². The van der Waals surface area contributed by atoms with Crippen molar-refractivity contribution in [1.82, 2.24) is 10.3 Å². The van der Waals surface area contributed by atoms with Crippen LogP contribution in [0.15, 0.2) is 23.6 Å². The molecule has 1 aliphatic carbocycles. The van der Waals surface area contributed by atoms with Gasteiger partial charge in [-0.05, 0) is 50.6 Å². The monoisotopic (exact) mass is 360 g/mol. The molecule has 1 aliphatic rings. The van der Waals surface area contributed by atoms with Crippen molar-refractivity contribution in [3.8, 4) is 0 Å². The number of rotatable bonds is 10. The van der Waals surface area contributed by atoms with Gasteiger partial charge in [0.2, 0.25) is 0 Å². The van der Waals surface area contributed by atoms with E-state index in [2.05, 4.69) is 49.7 Å². The van der Waals surface area contributed by atoms with Gasteiger partial charge in [0.05, 0.1) is 11.7 Å². The van der Waals surface area contributed by atoms with E-state index in [-0.39, 0.29) is 0 Å². The molecule has 1 heterocycles. The van der Waals surface area contributed by atoms with Crippen LogP contribution in [-0.4, -0.2) is 11.5 Å². The Labute approximate surface area is 158 Å². The molecule has 1 saturated carbocycles. The van der Waals surface area contributed by atoms with Gasteiger partial charge in [0, 0.05) is 5.38 Å². The minimum Gasteiger partial charge on any atom is -0.308 e. The maximum Gasteiger partial charge on any atom is 0.111 e. The van der Waals surface area contributed by atoms with E-state index in [0.717, 1.165) is 24.6 Å². The fourth-order valence-corrected chi connectivity index (χ4v) is 4.62. The highest BCUT2D eigenvalue weighted by Gasteiger charge is 2.27. The molecule has 0 saturated heterocycles. The largest absolute Gasteiger partial charge is 0.308 e. The predicted molar refractivity (Wildman–Crippen MR) is 112 cm³/mol. The number of nitrogens with one attached hydrogen (secondary N) is 1. The number of thiazole rings is 1. The van der Waals surface area contributed by atoms with Gasteiger partial charge in [-0.25, -0.2) is 4.98 Å². The molecule has 1 atom stereocenters. The summed E-state index contributed by atoms with van der Waals surface area (Å²) in [6, 6.07) is 0.448. The highest BCUT2D eigenvalue weighted by atomic mass is 32.1. The third-order valence-electron chi connectivity index (χ3n) is 5.16. The van der Waals surface area contributed by atoms with E-state index < -0.39 is 0 Å². The normalized spacial score (nSPS) is 18.1. The highest BCUT2D eigenvalue weighted by molar-refractivity contribution is 7.09. The van der Waals surface area contributed by atoms with Crippen molar-refractivity contribution in [1.29, 1.82) is 0 Å². The molecule has 0 radical (unpaired) electrons. The molecule has 0 bridgehead atoms. The van der Waals surface area contributed by atoms with Gasteiger partial charge in [-0.15, -0.1) is 11.3 Å². The second kappa shape index (κ2) is 11.6. The van der Waals surface area contributed by atoms with Crippen molar-refractivity contribution in [2.24, 2.45) is 5.92 Å². The topological polar surface area (TPSA) is 24.9 Å². The molecule has 2 nitrogen and oxygen atoms in total. The van der Waals surface area contributed by atoms with Crippen LogP contribution in [0.2, 0.25) is 0 Å². The van der Waals surface area contributed by atoms with Crippen LogP contribution in [-0.2, 0) is 0 Å². The van der Waals surface area contributed by atoms with Crippen molar-refractivity contribution >= 4 is 16.9 Å². The number of hydrogen-bond donors (Lipinski definition) is 1. The molecule has 0 spiro atoms. The van der Waals surface area contributed by atoms with Gasteiger partial charge in [-0.2, -0.15) is 0 Å². The van der Waals surface area contributed by atoms with Gasteiger partial charge in [-0.1, -0.05) is 64.2 Å². The average molecular weight is 361 g/mol. The van der Waals surface area contributed by atoms with Crippen molar-refractivity contribution in [2.75, 3.05) is 6.54 Å². The summed E-state index contributed by atoms with van der Waals surface area (Å²) in [7, 11) is 0. The predicted octanol–water partition coefficient (Wildman–Crippen LogP) is 6.91. The Morgan fingerprint density at radius 1 is 1.28 bits per heavy atom. The zero-order chi connectivity index (χ0) is 17.9. The number of hydrogen-bond acceptors (Lipinski definition) is 3. The number of nitrogens with zero attached hydrogens (tertiary/aromatic N) is 1. The van der Waals surface area contributed by atoms with Gasteiger partial charge in [-0.3, -0.25) is 0 Å². The Bertz CT molecular complexity index is 538. The zero-order valence-electron chi connectivity index (χ0n) is 16.4. The summed E-state index contributed by atoms with van der Waals surface area (Å²) in [5.41, 5.74) is 2.40. The lowest BCUT2D eigenvalue weighted by molar-refractivity contribution is 0.270. The van der Waals surface area contributed by atoms with Crippen LogP contribution in [0.5, 0.6) is 0 Å². The Balaban J connectivity index is 2.12. The van der Waals surface area contributed by atoms with E-state index in [9.17, 15) is 0 Å². The van der Waals surface area contributed by atoms with Crippen molar-refractivity contribution < 1.29 is 0 Å². The molecule has 1 fully saturated rings. The van der Waals surface area contributed by atoms with Crippen LogP contribution in [0, 0.1) is 5.92 Å². The lowest BCUT2D eigenvalue weighted by Crippen LogP contribution is -2.30. The van der Waals surface area contributed by atoms with E-state index >= 15 is 0 Å². The first-order valence-corrected chi connectivity index (χ1v) is 11.2. The minimum atomic E-state index is 0.448. The smallest absolute Gasteiger partial charge is 0.111 e. The Kier molecular flexibility index (Phi) is 9.49. The van der Waals surface area contributed by atoms with Crippen molar-refractivity contribution in [3.63, 3.8) is 0 Å². The minimum absolute atomic E-state index is 0.448. The summed E-state index contributed by atoms with van der Waals surface area (Å²) in [4.78, 5) is 5.05. The third-order valence-corrected chi connectivity index (χ3v) is 6.09. The molecule has 140 valence electrons. The standard InChI is InChI=1S/C22H36N2S/c1-4-7-10-13-18(6-3)20-17-25-22(24-20)21(23-16-8-5-2)19-14-11-9-12-15-19/h6,10,13,17,19,21,23H,4-5,7-9,11-12,14-16H2,1-3H3/b13-10-,18-6+. The van der Waals surface area contributed by atoms with Gasteiger partial charge >= 0.3 is 0 Å². The Hall–Kier alpha value is -0.930. The summed E-state index contributed by atoms with van der Waals surface area (Å²) >= 11 is 1.84. The quantitative estimate of drug-likeness (QED) is 0.362. The van der Waals surface area contributed by atoms with E-state index in [4.69, 9.17) is 4.98 Å². The molecule has 3 heteroatoms. The van der Waals surface area contributed by atoms with Gasteiger partial charge in [0.25, 0.3) is 0 Å².